The molecule has 0 bridgehead atoms. The maximum absolute atomic E-state index is 7.31. The number of hydrogen-bond acceptors (Lipinski definition) is 4. The molecule has 1 atom stereocenters. The first-order valence-corrected chi connectivity index (χ1v) is 30.1. The van der Waals surface area contributed by atoms with Crippen LogP contribution in [0.2, 0.25) is 0 Å². The molecule has 1 spiro atoms. The highest BCUT2D eigenvalue weighted by molar-refractivity contribution is 6.21. The lowest BCUT2D eigenvalue weighted by atomic mass is 9.65. The minimum absolute atomic E-state index is 0.108. The molecule has 17 rings (SSSR count). The van der Waals surface area contributed by atoms with Gasteiger partial charge >= 0.3 is 0 Å². The maximum atomic E-state index is 7.31. The van der Waals surface area contributed by atoms with E-state index >= 15 is 0 Å². The van der Waals surface area contributed by atoms with Crippen molar-refractivity contribution in [3.8, 4) is 11.1 Å². The number of benzene rings is 12. The molecule has 0 saturated carbocycles. The zero-order valence-corrected chi connectivity index (χ0v) is 48.7. The van der Waals surface area contributed by atoms with E-state index in [9.17, 15) is 0 Å². The SMILES string of the molecule is CC(C)(C)c1cccc2c1oc1c(N(c3ccccc3)c3ccc4c5c(c6ccccc6c4c3)C3=C(CC(N(c4ccccc4)c4cccc6c4oc4c(C(C)(C)C)cccc46)c4ccccc43)C53c4ccccc4-c4ccccc43)cccc12. The van der Waals surface area contributed by atoms with Gasteiger partial charge in [0, 0.05) is 49.7 Å². The molecule has 2 aromatic heterocycles. The molecule has 85 heavy (non-hydrogen) atoms. The van der Waals surface area contributed by atoms with Gasteiger partial charge < -0.3 is 18.6 Å². The van der Waals surface area contributed by atoms with Crippen molar-refractivity contribution >= 4 is 99.4 Å². The van der Waals surface area contributed by atoms with E-state index in [2.05, 4.69) is 300 Å². The molecule has 4 heteroatoms. The summed E-state index contributed by atoms with van der Waals surface area (Å²) >= 11 is 0. The summed E-state index contributed by atoms with van der Waals surface area (Å²) in [7, 11) is 0. The Morgan fingerprint density at radius 2 is 0.859 bits per heavy atom. The van der Waals surface area contributed by atoms with Gasteiger partial charge in [-0.3, -0.25) is 0 Å². The Morgan fingerprint density at radius 1 is 0.376 bits per heavy atom. The number of furan rings is 2. The molecular formula is C81H62N2O2. The molecule has 1 unspecified atom stereocenters. The van der Waals surface area contributed by atoms with Crippen LogP contribution in [-0.2, 0) is 16.2 Å². The number of fused-ring (bicyclic) bond motifs is 22. The Labute approximate surface area is 495 Å². The largest absolute Gasteiger partial charge is 0.454 e. The lowest BCUT2D eigenvalue weighted by molar-refractivity contribution is 0.571. The van der Waals surface area contributed by atoms with Crippen molar-refractivity contribution in [2.24, 2.45) is 0 Å². The monoisotopic (exact) mass is 1090 g/mol. The van der Waals surface area contributed by atoms with Crippen LogP contribution in [0.25, 0.3) is 82.1 Å². The summed E-state index contributed by atoms with van der Waals surface area (Å²) in [5, 5.41) is 9.44. The minimum Gasteiger partial charge on any atom is -0.454 e. The van der Waals surface area contributed by atoms with Crippen molar-refractivity contribution in [1.82, 2.24) is 0 Å². The van der Waals surface area contributed by atoms with E-state index < -0.39 is 5.41 Å². The molecular weight excluding hydrogens is 1030 g/mol. The number of anilines is 5. The van der Waals surface area contributed by atoms with Gasteiger partial charge in [-0.15, -0.1) is 0 Å². The molecule has 12 aromatic carbocycles. The fraction of sp³-hybridized carbons (Fsp3) is 0.136. The molecule has 0 radical (unpaired) electrons. The molecule has 0 saturated heterocycles. The molecule has 3 aliphatic carbocycles. The molecule has 0 aliphatic heterocycles. The Hall–Kier alpha value is -9.90. The van der Waals surface area contributed by atoms with Crippen LogP contribution in [0.5, 0.6) is 0 Å². The highest BCUT2D eigenvalue weighted by Gasteiger charge is 2.56. The minimum atomic E-state index is -0.660. The lowest BCUT2D eigenvalue weighted by Crippen LogP contribution is -2.33. The van der Waals surface area contributed by atoms with Gasteiger partial charge in [0.2, 0.25) is 0 Å². The zero-order chi connectivity index (χ0) is 57.1. The van der Waals surface area contributed by atoms with Crippen molar-refractivity contribution in [2.75, 3.05) is 9.80 Å². The first-order chi connectivity index (χ1) is 41.5. The smallest absolute Gasteiger partial charge is 0.159 e. The second-order valence-corrected chi connectivity index (χ2v) is 25.8. The van der Waals surface area contributed by atoms with Gasteiger partial charge in [-0.2, -0.15) is 0 Å². The number of nitrogens with zero attached hydrogens (tertiary/aromatic N) is 2. The van der Waals surface area contributed by atoms with Crippen molar-refractivity contribution < 1.29 is 8.83 Å². The second-order valence-electron chi connectivity index (χ2n) is 25.8. The van der Waals surface area contributed by atoms with Crippen LogP contribution < -0.4 is 9.80 Å². The summed E-state index contributed by atoms with van der Waals surface area (Å²) in [5.74, 6) is 0. The van der Waals surface area contributed by atoms with Crippen molar-refractivity contribution in [2.45, 2.75) is 70.3 Å². The normalized spacial score (nSPS) is 15.1. The fourth-order valence-corrected chi connectivity index (χ4v) is 15.6. The topological polar surface area (TPSA) is 32.8 Å². The van der Waals surface area contributed by atoms with Crippen molar-refractivity contribution in [3.63, 3.8) is 0 Å². The summed E-state index contributed by atoms with van der Waals surface area (Å²) in [6, 6.07) is 92.8. The van der Waals surface area contributed by atoms with Crippen LogP contribution in [0, 0.1) is 0 Å². The van der Waals surface area contributed by atoms with Crippen molar-refractivity contribution in [3.05, 3.63) is 299 Å². The van der Waals surface area contributed by atoms with E-state index in [0.717, 1.165) is 78.7 Å². The average Bonchev–Trinajstić information content (AvgIpc) is 1.50. The van der Waals surface area contributed by atoms with Gasteiger partial charge in [0.05, 0.1) is 22.8 Å². The van der Waals surface area contributed by atoms with Crippen LogP contribution >= 0.6 is 0 Å². The predicted octanol–water partition coefficient (Wildman–Crippen LogP) is 22.3. The van der Waals surface area contributed by atoms with E-state index in [1.54, 1.807) is 0 Å². The van der Waals surface area contributed by atoms with Gasteiger partial charge in [-0.25, -0.2) is 0 Å². The van der Waals surface area contributed by atoms with Gasteiger partial charge in [0.15, 0.2) is 11.2 Å². The summed E-state index contributed by atoms with van der Waals surface area (Å²) in [6.45, 7) is 13.6. The van der Waals surface area contributed by atoms with Gasteiger partial charge in [0.1, 0.15) is 11.2 Å². The Balaban J connectivity index is 0.944. The number of hydrogen-bond donors (Lipinski definition) is 0. The third-order valence-electron chi connectivity index (χ3n) is 19.1. The molecule has 2 heterocycles. The van der Waals surface area contributed by atoms with Crippen LogP contribution in [0.4, 0.5) is 28.4 Å². The van der Waals surface area contributed by atoms with Gasteiger partial charge in [-0.1, -0.05) is 242 Å². The fourth-order valence-electron chi connectivity index (χ4n) is 15.6. The highest BCUT2D eigenvalue weighted by atomic mass is 16.3. The third kappa shape index (κ3) is 6.97. The number of rotatable bonds is 6. The molecule has 4 nitrogen and oxygen atoms in total. The molecule has 0 amide bonds. The Kier molecular flexibility index (Phi) is 10.6. The molecule has 408 valence electrons. The van der Waals surface area contributed by atoms with E-state index in [-0.39, 0.29) is 16.9 Å². The zero-order valence-electron chi connectivity index (χ0n) is 48.7. The Bertz CT molecular complexity index is 5100. The van der Waals surface area contributed by atoms with E-state index in [1.165, 1.54) is 88.3 Å². The molecule has 0 fully saturated rings. The molecule has 0 N–H and O–H groups in total. The third-order valence-corrected chi connectivity index (χ3v) is 19.1. The van der Waals surface area contributed by atoms with Crippen LogP contribution in [0.15, 0.2) is 263 Å². The first kappa shape index (κ1) is 49.7. The lowest BCUT2D eigenvalue weighted by Gasteiger charge is -2.42. The quantitative estimate of drug-likeness (QED) is 0.155. The summed E-state index contributed by atoms with van der Waals surface area (Å²) in [5.41, 5.74) is 23.7. The Morgan fingerprint density at radius 3 is 1.47 bits per heavy atom. The van der Waals surface area contributed by atoms with Crippen LogP contribution in [-0.4, -0.2) is 0 Å². The molecule has 3 aliphatic rings. The van der Waals surface area contributed by atoms with Crippen LogP contribution in [0.3, 0.4) is 0 Å². The number of para-hydroxylation sites is 6. The second kappa shape index (κ2) is 18.1. The molecule has 14 aromatic rings. The maximum Gasteiger partial charge on any atom is 0.159 e. The van der Waals surface area contributed by atoms with Gasteiger partial charge in [-0.05, 0) is 143 Å². The van der Waals surface area contributed by atoms with Crippen molar-refractivity contribution in [1.29, 1.82) is 0 Å². The average molecular weight is 1100 g/mol. The summed E-state index contributed by atoms with van der Waals surface area (Å²) in [6.07, 6.45) is 0.747. The van der Waals surface area contributed by atoms with E-state index in [1.807, 2.05) is 0 Å². The predicted molar refractivity (Wildman–Crippen MR) is 355 cm³/mol. The summed E-state index contributed by atoms with van der Waals surface area (Å²) < 4.78 is 14.5. The highest BCUT2D eigenvalue weighted by Crippen LogP contribution is 2.69. The van der Waals surface area contributed by atoms with E-state index in [0.29, 0.717) is 0 Å². The van der Waals surface area contributed by atoms with Crippen LogP contribution in [0.1, 0.15) is 98.5 Å². The van der Waals surface area contributed by atoms with Gasteiger partial charge in [0.25, 0.3) is 0 Å². The summed E-state index contributed by atoms with van der Waals surface area (Å²) in [4.78, 5) is 5.02. The van der Waals surface area contributed by atoms with E-state index in [4.69, 9.17) is 8.83 Å². The first-order valence-electron chi connectivity index (χ1n) is 30.1. The standard InChI is InChI=1S/C81H62N2O2/c1-79(2,3)66-41-21-35-59-61-37-23-43-69(77(61)84-75(59)66)82(49-25-9-7-10-26-49)51-45-46-58-63(47-51)52-29-13-15-33-56(52)73-72-57-34-16-14-32-55(57)71(48-68(72)81(74(58)73)64-39-19-17-30-53(64)54-31-18-20-40-65(54)81)83(50-27-11-8-12-28-50)70-44-24-38-62-60-36-22-42-67(80(4,5)6)76(60)85-78(62)70/h7-47,71H,48H2,1-6H3.